The van der Waals surface area contributed by atoms with Crippen LogP contribution in [0.4, 0.5) is 0 Å². The molecular weight excluding hydrogens is 186 g/mol. The number of nitriles is 1. The van der Waals surface area contributed by atoms with E-state index < -0.39 is 0 Å². The molecule has 0 aliphatic carbocycles. The van der Waals surface area contributed by atoms with Crippen LogP contribution in [0.25, 0.3) is 0 Å². The van der Waals surface area contributed by atoms with Gasteiger partial charge in [0.2, 0.25) is 0 Å². The van der Waals surface area contributed by atoms with Crippen molar-refractivity contribution in [3.8, 4) is 17.6 Å². The van der Waals surface area contributed by atoms with E-state index in [4.69, 9.17) is 10.00 Å². The van der Waals surface area contributed by atoms with Crippen molar-refractivity contribution in [2.75, 3.05) is 0 Å². The summed E-state index contributed by atoms with van der Waals surface area (Å²) in [5, 5.41) is 8.62. The summed E-state index contributed by atoms with van der Waals surface area (Å²) in [5.74, 6) is 1.37. The van der Waals surface area contributed by atoms with Crippen LogP contribution in [0.3, 0.4) is 0 Å². The van der Waals surface area contributed by atoms with E-state index in [1.165, 1.54) is 0 Å². The molecule has 2 aromatic carbocycles. The van der Waals surface area contributed by atoms with Crippen molar-refractivity contribution in [1.82, 2.24) is 0 Å². The first-order chi connectivity index (χ1) is 7.38. The molecule has 0 fully saturated rings. The van der Waals surface area contributed by atoms with Crippen LogP contribution in [0.2, 0.25) is 0 Å². The summed E-state index contributed by atoms with van der Waals surface area (Å²) in [5.41, 5.74) is 0.624. The fourth-order valence-electron chi connectivity index (χ4n) is 1.16. The molecule has 0 N–H and O–H groups in total. The Kier molecular flexibility index (Phi) is 2.66. The van der Waals surface area contributed by atoms with E-state index in [0.717, 1.165) is 0 Å². The lowest BCUT2D eigenvalue weighted by Crippen LogP contribution is -1.83. The van der Waals surface area contributed by atoms with E-state index in [2.05, 4.69) is 12.1 Å². The highest BCUT2D eigenvalue weighted by Gasteiger charge is 1.96. The van der Waals surface area contributed by atoms with E-state index in [-0.39, 0.29) is 0 Å². The molecule has 0 spiro atoms. The summed E-state index contributed by atoms with van der Waals surface area (Å²) in [6.07, 6.45) is 0. The standard InChI is InChI=1S/C13H8NO/c14-10-11-6-8-13(9-7-11)15-12-4-2-1-3-5-12/h1-4,6-9H. The van der Waals surface area contributed by atoms with E-state index in [9.17, 15) is 0 Å². The minimum atomic E-state index is 0.624. The van der Waals surface area contributed by atoms with Gasteiger partial charge in [-0.15, -0.1) is 0 Å². The summed E-state index contributed by atoms with van der Waals surface area (Å²) >= 11 is 0. The first kappa shape index (κ1) is 9.29. The zero-order chi connectivity index (χ0) is 10.5. The number of benzene rings is 2. The van der Waals surface area contributed by atoms with Crippen molar-refractivity contribution in [3.63, 3.8) is 0 Å². The highest BCUT2D eigenvalue weighted by molar-refractivity contribution is 5.36. The van der Waals surface area contributed by atoms with Crippen LogP contribution >= 0.6 is 0 Å². The van der Waals surface area contributed by atoms with Gasteiger partial charge >= 0.3 is 0 Å². The molecule has 2 heteroatoms. The Balaban J connectivity index is 2.16. The molecule has 0 aliphatic rings. The van der Waals surface area contributed by atoms with Crippen molar-refractivity contribution in [1.29, 1.82) is 5.26 Å². The van der Waals surface area contributed by atoms with E-state index in [1.807, 2.05) is 18.2 Å². The molecule has 0 heterocycles. The summed E-state index contributed by atoms with van der Waals surface area (Å²) in [6.45, 7) is 0. The molecule has 0 bridgehead atoms. The van der Waals surface area contributed by atoms with Crippen LogP contribution in [-0.4, -0.2) is 0 Å². The number of rotatable bonds is 2. The summed E-state index contributed by atoms with van der Waals surface area (Å²) in [6, 6.07) is 19.4. The Hall–Kier alpha value is -2.27. The number of hydrogen-bond donors (Lipinski definition) is 0. The predicted octanol–water partition coefficient (Wildman–Crippen LogP) is 3.15. The monoisotopic (exact) mass is 194 g/mol. The highest BCUT2D eigenvalue weighted by atomic mass is 16.5. The molecule has 2 nitrogen and oxygen atoms in total. The minimum absolute atomic E-state index is 0.624. The predicted molar refractivity (Wildman–Crippen MR) is 56.5 cm³/mol. The lowest BCUT2D eigenvalue weighted by Gasteiger charge is -2.03. The van der Waals surface area contributed by atoms with Gasteiger partial charge in [0.05, 0.1) is 11.6 Å². The van der Waals surface area contributed by atoms with Gasteiger partial charge in [-0.1, -0.05) is 18.2 Å². The van der Waals surface area contributed by atoms with Crippen molar-refractivity contribution in [2.24, 2.45) is 0 Å². The van der Waals surface area contributed by atoms with Crippen LogP contribution in [-0.2, 0) is 0 Å². The molecule has 0 unspecified atom stereocenters. The fraction of sp³-hybridized carbons (Fsp3) is 0. The Labute approximate surface area is 88.4 Å². The molecule has 15 heavy (non-hydrogen) atoms. The average Bonchev–Trinajstić information content (AvgIpc) is 2.31. The molecule has 0 saturated heterocycles. The van der Waals surface area contributed by atoms with Crippen LogP contribution < -0.4 is 4.74 Å². The lowest BCUT2D eigenvalue weighted by atomic mass is 10.2. The zero-order valence-corrected chi connectivity index (χ0v) is 7.97. The number of hydrogen-bond acceptors (Lipinski definition) is 2. The first-order valence-electron chi connectivity index (χ1n) is 4.53. The van der Waals surface area contributed by atoms with E-state index >= 15 is 0 Å². The maximum absolute atomic E-state index is 8.62. The third-order valence-corrected chi connectivity index (χ3v) is 1.89. The second kappa shape index (κ2) is 4.30. The Morgan fingerprint density at radius 1 is 1.07 bits per heavy atom. The zero-order valence-electron chi connectivity index (χ0n) is 7.97. The maximum Gasteiger partial charge on any atom is 0.135 e. The van der Waals surface area contributed by atoms with Crippen molar-refractivity contribution < 1.29 is 4.74 Å². The Morgan fingerprint density at radius 2 is 1.87 bits per heavy atom. The van der Waals surface area contributed by atoms with Crippen LogP contribution in [0.15, 0.2) is 48.5 Å². The molecule has 71 valence electrons. The average molecular weight is 194 g/mol. The van der Waals surface area contributed by atoms with Crippen molar-refractivity contribution in [2.45, 2.75) is 0 Å². The maximum atomic E-state index is 8.62. The van der Waals surface area contributed by atoms with E-state index in [0.29, 0.717) is 17.1 Å². The second-order valence-electron chi connectivity index (χ2n) is 2.97. The van der Waals surface area contributed by atoms with Gasteiger partial charge in [-0.05, 0) is 30.3 Å². The molecular formula is C13H8NO. The molecule has 1 radical (unpaired) electrons. The van der Waals surface area contributed by atoms with Gasteiger partial charge in [0.1, 0.15) is 11.5 Å². The number of nitrogens with zero attached hydrogens (tertiary/aromatic N) is 1. The fourth-order valence-corrected chi connectivity index (χ4v) is 1.16. The van der Waals surface area contributed by atoms with Gasteiger partial charge in [0.15, 0.2) is 0 Å². The molecule has 0 amide bonds. The summed E-state index contributed by atoms with van der Waals surface area (Å²) in [7, 11) is 0. The van der Waals surface area contributed by atoms with Crippen molar-refractivity contribution >= 4 is 0 Å². The highest BCUT2D eigenvalue weighted by Crippen LogP contribution is 2.20. The van der Waals surface area contributed by atoms with Gasteiger partial charge < -0.3 is 4.74 Å². The normalized spacial score (nSPS) is 9.27. The third kappa shape index (κ3) is 2.35. The molecule has 2 rings (SSSR count). The SMILES string of the molecule is N#Cc1ccc(Oc2[c]cccc2)cc1. The third-order valence-electron chi connectivity index (χ3n) is 1.89. The smallest absolute Gasteiger partial charge is 0.135 e. The van der Waals surface area contributed by atoms with Crippen LogP contribution in [0, 0.1) is 17.4 Å². The molecule has 0 aromatic heterocycles. The van der Waals surface area contributed by atoms with Gasteiger partial charge in [-0.3, -0.25) is 0 Å². The Morgan fingerprint density at radius 3 is 2.47 bits per heavy atom. The van der Waals surface area contributed by atoms with E-state index in [1.54, 1.807) is 30.3 Å². The summed E-state index contributed by atoms with van der Waals surface area (Å²) < 4.78 is 5.51. The Bertz CT molecular complexity index is 468. The van der Waals surface area contributed by atoms with Gasteiger partial charge in [-0.2, -0.15) is 5.26 Å². The second-order valence-corrected chi connectivity index (χ2v) is 2.97. The van der Waals surface area contributed by atoms with Gasteiger partial charge in [-0.25, -0.2) is 0 Å². The topological polar surface area (TPSA) is 33.0 Å². The number of para-hydroxylation sites is 1. The van der Waals surface area contributed by atoms with Gasteiger partial charge in [0, 0.05) is 6.07 Å². The van der Waals surface area contributed by atoms with Crippen LogP contribution in [0.5, 0.6) is 11.5 Å². The number of ether oxygens (including phenoxy) is 1. The van der Waals surface area contributed by atoms with Crippen LogP contribution in [0.1, 0.15) is 5.56 Å². The van der Waals surface area contributed by atoms with Gasteiger partial charge in [0.25, 0.3) is 0 Å². The minimum Gasteiger partial charge on any atom is -0.457 e. The summed E-state index contributed by atoms with van der Waals surface area (Å²) in [4.78, 5) is 0. The van der Waals surface area contributed by atoms with Crippen molar-refractivity contribution in [3.05, 3.63) is 60.2 Å². The molecule has 2 aromatic rings. The molecule has 0 saturated carbocycles. The molecule has 0 aliphatic heterocycles. The lowest BCUT2D eigenvalue weighted by molar-refractivity contribution is 0.481. The quantitative estimate of drug-likeness (QED) is 0.735. The molecule has 0 atom stereocenters. The first-order valence-corrected chi connectivity index (χ1v) is 4.53. The largest absolute Gasteiger partial charge is 0.457 e.